The molecule has 2 N–H and O–H groups in total. The van der Waals surface area contributed by atoms with E-state index in [1.165, 1.54) is 5.56 Å². The van der Waals surface area contributed by atoms with E-state index in [9.17, 15) is 9.59 Å². The largest absolute Gasteiger partial charge is 0.494 e. The third-order valence-electron chi connectivity index (χ3n) is 5.61. The number of carbonyl (C=O) groups is 2. The standard InChI is InChI=1S/C26H30N4O3S/c1-2-3-15-33-21-11-9-20(10-12-21)26(32)28-25-22-17-34-18-23(22)29-30(25)16-24(31)27-14-13-19-7-5-4-6-8-19/h4-12H,2-3,13-18H2,1H3,(H,27,31)(H,28,32). The Kier molecular flexibility index (Phi) is 8.25. The summed E-state index contributed by atoms with van der Waals surface area (Å²) in [6.07, 6.45) is 2.83. The van der Waals surface area contributed by atoms with Gasteiger partial charge in [-0.3, -0.25) is 9.59 Å². The fourth-order valence-electron chi connectivity index (χ4n) is 3.72. The van der Waals surface area contributed by atoms with E-state index in [4.69, 9.17) is 4.74 Å². The number of amides is 2. The first-order valence-electron chi connectivity index (χ1n) is 11.6. The van der Waals surface area contributed by atoms with Crippen LogP contribution in [0.25, 0.3) is 0 Å². The summed E-state index contributed by atoms with van der Waals surface area (Å²) >= 11 is 1.75. The van der Waals surface area contributed by atoms with Crippen LogP contribution in [0.3, 0.4) is 0 Å². The van der Waals surface area contributed by atoms with E-state index in [0.717, 1.165) is 47.8 Å². The SMILES string of the molecule is CCCCOc1ccc(C(=O)Nc2c3c(nn2CC(=O)NCCc2ccccc2)CSC3)cc1. The molecule has 2 heterocycles. The fourth-order valence-corrected chi connectivity index (χ4v) is 4.75. The molecule has 0 bridgehead atoms. The van der Waals surface area contributed by atoms with Crippen LogP contribution in [-0.2, 0) is 29.3 Å². The highest BCUT2D eigenvalue weighted by Crippen LogP contribution is 2.35. The lowest BCUT2D eigenvalue weighted by atomic mass is 10.1. The molecule has 0 spiro atoms. The molecular formula is C26H30N4O3S. The van der Waals surface area contributed by atoms with Crippen LogP contribution >= 0.6 is 11.8 Å². The van der Waals surface area contributed by atoms with Gasteiger partial charge in [-0.1, -0.05) is 43.7 Å². The van der Waals surface area contributed by atoms with Gasteiger partial charge in [0.15, 0.2) is 0 Å². The number of nitrogens with one attached hydrogen (secondary N) is 2. The maximum atomic E-state index is 13.0. The Morgan fingerprint density at radius 2 is 1.88 bits per heavy atom. The van der Waals surface area contributed by atoms with Crippen molar-refractivity contribution in [3.8, 4) is 5.75 Å². The van der Waals surface area contributed by atoms with Crippen LogP contribution in [-0.4, -0.2) is 34.7 Å². The summed E-state index contributed by atoms with van der Waals surface area (Å²) in [4.78, 5) is 25.5. The summed E-state index contributed by atoms with van der Waals surface area (Å²) in [6, 6.07) is 17.2. The minimum Gasteiger partial charge on any atom is -0.494 e. The average molecular weight is 479 g/mol. The van der Waals surface area contributed by atoms with Gasteiger partial charge in [-0.25, -0.2) is 4.68 Å². The molecule has 0 saturated heterocycles. The summed E-state index contributed by atoms with van der Waals surface area (Å²) in [5.74, 6) is 2.54. The van der Waals surface area contributed by atoms with Gasteiger partial charge in [0.05, 0.1) is 12.3 Å². The Bertz CT molecular complexity index is 1110. The van der Waals surface area contributed by atoms with Gasteiger partial charge in [-0.05, 0) is 42.7 Å². The highest BCUT2D eigenvalue weighted by atomic mass is 32.2. The number of aromatic nitrogens is 2. The quantitative estimate of drug-likeness (QED) is 0.399. The van der Waals surface area contributed by atoms with Crippen LogP contribution in [0.15, 0.2) is 54.6 Å². The predicted octanol–water partition coefficient (Wildman–Crippen LogP) is 4.42. The Labute approximate surface area is 204 Å². The van der Waals surface area contributed by atoms with E-state index in [2.05, 4.69) is 22.7 Å². The number of rotatable bonds is 11. The van der Waals surface area contributed by atoms with Crippen molar-refractivity contribution in [2.24, 2.45) is 0 Å². The van der Waals surface area contributed by atoms with Gasteiger partial charge in [0, 0.05) is 29.2 Å². The van der Waals surface area contributed by atoms with Crippen molar-refractivity contribution in [2.75, 3.05) is 18.5 Å². The van der Waals surface area contributed by atoms with Crippen molar-refractivity contribution in [1.82, 2.24) is 15.1 Å². The molecule has 3 aromatic rings. The molecule has 8 heteroatoms. The molecule has 4 rings (SSSR count). The van der Waals surface area contributed by atoms with Crippen LogP contribution in [0.5, 0.6) is 5.75 Å². The Balaban J connectivity index is 1.38. The van der Waals surface area contributed by atoms with Crippen LogP contribution in [0.2, 0.25) is 0 Å². The lowest BCUT2D eigenvalue weighted by Crippen LogP contribution is -2.30. The van der Waals surface area contributed by atoms with Crippen molar-refractivity contribution in [1.29, 1.82) is 0 Å². The van der Waals surface area contributed by atoms with Gasteiger partial charge in [0.2, 0.25) is 5.91 Å². The predicted molar refractivity (Wildman–Crippen MR) is 135 cm³/mol. The number of hydrogen-bond donors (Lipinski definition) is 2. The molecule has 2 aromatic carbocycles. The molecule has 1 aliphatic heterocycles. The zero-order valence-corrected chi connectivity index (χ0v) is 20.2. The Hall–Kier alpha value is -3.26. The van der Waals surface area contributed by atoms with Crippen molar-refractivity contribution in [3.63, 3.8) is 0 Å². The van der Waals surface area contributed by atoms with E-state index in [-0.39, 0.29) is 18.4 Å². The number of benzene rings is 2. The smallest absolute Gasteiger partial charge is 0.256 e. The number of unbranched alkanes of at least 4 members (excludes halogenated alkanes) is 1. The number of nitrogens with zero attached hydrogens (tertiary/aromatic N) is 2. The molecule has 1 aromatic heterocycles. The number of anilines is 1. The zero-order chi connectivity index (χ0) is 23.8. The zero-order valence-electron chi connectivity index (χ0n) is 19.4. The van der Waals surface area contributed by atoms with Gasteiger partial charge in [0.1, 0.15) is 18.1 Å². The number of fused-ring (bicyclic) bond motifs is 1. The number of ether oxygens (including phenoxy) is 1. The molecular weight excluding hydrogens is 448 g/mol. The third-order valence-corrected chi connectivity index (χ3v) is 6.58. The molecule has 0 unspecified atom stereocenters. The molecule has 178 valence electrons. The molecule has 1 aliphatic rings. The second-order valence-electron chi connectivity index (χ2n) is 8.19. The van der Waals surface area contributed by atoms with Crippen molar-refractivity contribution < 1.29 is 14.3 Å². The summed E-state index contributed by atoms with van der Waals surface area (Å²) in [7, 11) is 0. The fraction of sp³-hybridized carbons (Fsp3) is 0.346. The first-order chi connectivity index (χ1) is 16.6. The first kappa shape index (κ1) is 23.9. The number of hydrogen-bond acceptors (Lipinski definition) is 5. The second-order valence-corrected chi connectivity index (χ2v) is 9.18. The minimum absolute atomic E-state index is 0.0618. The van der Waals surface area contributed by atoms with Gasteiger partial charge in [-0.15, -0.1) is 0 Å². The summed E-state index contributed by atoms with van der Waals surface area (Å²) in [5.41, 5.74) is 3.63. The minimum atomic E-state index is -0.231. The van der Waals surface area contributed by atoms with Gasteiger partial charge in [-0.2, -0.15) is 16.9 Å². The van der Waals surface area contributed by atoms with E-state index < -0.39 is 0 Å². The first-order valence-corrected chi connectivity index (χ1v) is 12.8. The average Bonchev–Trinajstić information content (AvgIpc) is 3.43. The summed E-state index contributed by atoms with van der Waals surface area (Å²) in [5, 5.41) is 10.5. The Morgan fingerprint density at radius 1 is 1.09 bits per heavy atom. The highest BCUT2D eigenvalue weighted by molar-refractivity contribution is 7.98. The lowest BCUT2D eigenvalue weighted by molar-refractivity contribution is -0.121. The second kappa shape index (κ2) is 11.7. The van der Waals surface area contributed by atoms with Crippen molar-refractivity contribution in [3.05, 3.63) is 77.0 Å². The normalized spacial score (nSPS) is 12.3. The van der Waals surface area contributed by atoms with E-state index in [0.29, 0.717) is 24.5 Å². The maximum Gasteiger partial charge on any atom is 0.256 e. The molecule has 0 saturated carbocycles. The maximum absolute atomic E-state index is 13.0. The molecule has 0 radical (unpaired) electrons. The molecule has 7 nitrogen and oxygen atoms in total. The molecule has 0 fully saturated rings. The number of carbonyl (C=O) groups excluding carboxylic acids is 2. The highest BCUT2D eigenvalue weighted by Gasteiger charge is 2.25. The topological polar surface area (TPSA) is 85.2 Å². The van der Waals surface area contributed by atoms with Crippen LogP contribution in [0.4, 0.5) is 5.82 Å². The monoisotopic (exact) mass is 478 g/mol. The van der Waals surface area contributed by atoms with Crippen molar-refractivity contribution >= 4 is 29.4 Å². The van der Waals surface area contributed by atoms with E-state index in [1.54, 1.807) is 28.6 Å². The molecule has 0 aliphatic carbocycles. The molecule has 0 atom stereocenters. The van der Waals surface area contributed by atoms with Gasteiger partial charge in [0.25, 0.3) is 5.91 Å². The van der Waals surface area contributed by atoms with Gasteiger partial charge < -0.3 is 15.4 Å². The molecule has 34 heavy (non-hydrogen) atoms. The van der Waals surface area contributed by atoms with Crippen LogP contribution in [0.1, 0.15) is 46.9 Å². The summed E-state index contributed by atoms with van der Waals surface area (Å²) in [6.45, 7) is 3.39. The van der Waals surface area contributed by atoms with Crippen LogP contribution < -0.4 is 15.4 Å². The summed E-state index contributed by atoms with van der Waals surface area (Å²) < 4.78 is 7.29. The lowest BCUT2D eigenvalue weighted by Gasteiger charge is -2.12. The van der Waals surface area contributed by atoms with E-state index >= 15 is 0 Å². The van der Waals surface area contributed by atoms with E-state index in [1.807, 2.05) is 42.5 Å². The molecule has 2 amide bonds. The van der Waals surface area contributed by atoms with Crippen LogP contribution in [0, 0.1) is 0 Å². The van der Waals surface area contributed by atoms with Crippen molar-refractivity contribution in [2.45, 2.75) is 44.2 Å². The third kappa shape index (κ3) is 6.20. The Morgan fingerprint density at radius 3 is 2.65 bits per heavy atom. The number of thioether (sulfide) groups is 1. The van der Waals surface area contributed by atoms with Gasteiger partial charge >= 0.3 is 0 Å².